The number of aliphatic carboxylic acids is 1. The second kappa shape index (κ2) is 2.97. The van der Waals surface area contributed by atoms with E-state index in [4.69, 9.17) is 5.11 Å². The van der Waals surface area contributed by atoms with Gasteiger partial charge in [-0.1, -0.05) is 28.1 Å². The molecule has 0 unspecified atom stereocenters. The molecule has 0 aromatic rings. The number of rotatable bonds is 4. The molecular formula is C8H11BrO2. The van der Waals surface area contributed by atoms with E-state index in [-0.39, 0.29) is 0 Å². The maximum atomic E-state index is 10.7. The van der Waals surface area contributed by atoms with E-state index in [1.807, 2.05) is 0 Å². The predicted octanol–water partition coefficient (Wildman–Crippen LogP) is 2.19. The average molecular weight is 219 g/mol. The molecule has 0 bridgehead atoms. The molecular weight excluding hydrogens is 208 g/mol. The van der Waals surface area contributed by atoms with Gasteiger partial charge in [-0.15, -0.1) is 0 Å². The van der Waals surface area contributed by atoms with E-state index < -0.39 is 11.4 Å². The first-order chi connectivity index (χ1) is 5.10. The third-order valence-electron chi connectivity index (χ3n) is 2.08. The molecule has 11 heavy (non-hydrogen) atoms. The summed E-state index contributed by atoms with van der Waals surface area (Å²) in [5.41, 5.74) is 0.537. The molecule has 0 amide bonds. The summed E-state index contributed by atoms with van der Waals surface area (Å²) in [6, 6.07) is 0. The minimum absolute atomic E-state index is 0.440. The minimum atomic E-state index is -0.667. The van der Waals surface area contributed by atoms with Crippen LogP contribution in [0.4, 0.5) is 0 Å². The highest BCUT2D eigenvalue weighted by Gasteiger charge is 2.49. The third kappa shape index (κ3) is 1.83. The molecule has 1 fully saturated rings. The molecule has 3 heteroatoms. The van der Waals surface area contributed by atoms with Crippen LogP contribution in [0.2, 0.25) is 0 Å². The standard InChI is InChI=1S/C8H11BrO2/c1-6(5-9)4-8(2-3-8)7(10)11/h1-5H2,(H,10,11). The van der Waals surface area contributed by atoms with Gasteiger partial charge >= 0.3 is 5.97 Å². The Hall–Kier alpha value is -0.310. The zero-order chi connectivity index (χ0) is 8.48. The Labute approximate surface area is 74.4 Å². The van der Waals surface area contributed by atoms with E-state index in [0.29, 0.717) is 11.8 Å². The zero-order valence-corrected chi connectivity index (χ0v) is 7.85. The summed E-state index contributed by atoms with van der Waals surface area (Å²) in [5, 5.41) is 9.50. The molecule has 1 aliphatic rings. The third-order valence-corrected chi connectivity index (χ3v) is 2.88. The Morgan fingerprint density at radius 2 is 2.18 bits per heavy atom. The van der Waals surface area contributed by atoms with Crippen LogP contribution in [0, 0.1) is 5.41 Å². The molecule has 2 nitrogen and oxygen atoms in total. The van der Waals surface area contributed by atoms with Crippen molar-refractivity contribution >= 4 is 21.9 Å². The highest BCUT2D eigenvalue weighted by atomic mass is 79.9. The molecule has 0 spiro atoms. The van der Waals surface area contributed by atoms with Crippen molar-refractivity contribution in [1.82, 2.24) is 0 Å². The normalized spacial score (nSPS) is 19.4. The number of alkyl halides is 1. The Kier molecular flexibility index (Phi) is 2.37. The van der Waals surface area contributed by atoms with Gasteiger partial charge in [0.05, 0.1) is 5.41 Å². The molecule has 0 aromatic carbocycles. The van der Waals surface area contributed by atoms with Gasteiger partial charge in [-0.2, -0.15) is 0 Å². The second-order valence-corrected chi connectivity index (χ2v) is 3.71. The van der Waals surface area contributed by atoms with Crippen LogP contribution in [-0.4, -0.2) is 16.4 Å². The van der Waals surface area contributed by atoms with Crippen molar-refractivity contribution in [3.8, 4) is 0 Å². The summed E-state index contributed by atoms with van der Waals surface area (Å²) < 4.78 is 0. The van der Waals surface area contributed by atoms with Crippen LogP contribution in [0.15, 0.2) is 12.2 Å². The second-order valence-electron chi connectivity index (χ2n) is 3.15. The van der Waals surface area contributed by atoms with Crippen molar-refractivity contribution in [3.63, 3.8) is 0 Å². The molecule has 0 aliphatic heterocycles. The molecule has 0 aromatic heterocycles. The quantitative estimate of drug-likeness (QED) is 0.581. The van der Waals surface area contributed by atoms with Gasteiger partial charge < -0.3 is 5.11 Å². The zero-order valence-electron chi connectivity index (χ0n) is 6.27. The smallest absolute Gasteiger partial charge is 0.309 e. The van der Waals surface area contributed by atoms with Crippen LogP contribution in [0.5, 0.6) is 0 Å². The molecule has 62 valence electrons. The number of halogens is 1. The van der Waals surface area contributed by atoms with Crippen molar-refractivity contribution < 1.29 is 9.90 Å². The Morgan fingerprint density at radius 3 is 2.45 bits per heavy atom. The van der Waals surface area contributed by atoms with Crippen LogP contribution in [0.1, 0.15) is 19.3 Å². The maximum absolute atomic E-state index is 10.7. The van der Waals surface area contributed by atoms with Gasteiger partial charge in [-0.25, -0.2) is 0 Å². The monoisotopic (exact) mass is 218 g/mol. The fraction of sp³-hybridized carbons (Fsp3) is 0.625. The number of carboxylic acid groups (broad SMARTS) is 1. The molecule has 0 saturated heterocycles. The largest absolute Gasteiger partial charge is 0.481 e. The maximum Gasteiger partial charge on any atom is 0.309 e. The van der Waals surface area contributed by atoms with Gasteiger partial charge in [0.1, 0.15) is 0 Å². The van der Waals surface area contributed by atoms with Crippen LogP contribution < -0.4 is 0 Å². The number of hydrogen-bond donors (Lipinski definition) is 1. The molecule has 1 aliphatic carbocycles. The van der Waals surface area contributed by atoms with Gasteiger partial charge in [0.15, 0.2) is 0 Å². The summed E-state index contributed by atoms with van der Waals surface area (Å²) in [7, 11) is 0. The topological polar surface area (TPSA) is 37.3 Å². The highest BCUT2D eigenvalue weighted by molar-refractivity contribution is 9.09. The van der Waals surface area contributed by atoms with Gasteiger partial charge in [-0.3, -0.25) is 4.79 Å². The van der Waals surface area contributed by atoms with E-state index >= 15 is 0 Å². The predicted molar refractivity (Wildman–Crippen MR) is 46.9 cm³/mol. The van der Waals surface area contributed by atoms with E-state index in [1.165, 1.54) is 0 Å². The van der Waals surface area contributed by atoms with Gasteiger partial charge in [-0.05, 0) is 19.3 Å². The van der Waals surface area contributed by atoms with Gasteiger partial charge in [0.25, 0.3) is 0 Å². The SMILES string of the molecule is C=C(CBr)CC1(C(=O)O)CC1. The summed E-state index contributed by atoms with van der Waals surface area (Å²) in [6.07, 6.45) is 2.26. The lowest BCUT2D eigenvalue weighted by atomic mass is 9.99. The van der Waals surface area contributed by atoms with E-state index in [9.17, 15) is 4.79 Å². The fourth-order valence-corrected chi connectivity index (χ4v) is 1.34. The summed E-state index contributed by atoms with van der Waals surface area (Å²) >= 11 is 3.25. The fourth-order valence-electron chi connectivity index (χ4n) is 1.14. The van der Waals surface area contributed by atoms with Crippen LogP contribution in [0.25, 0.3) is 0 Å². The molecule has 0 atom stereocenters. The summed E-state index contributed by atoms with van der Waals surface area (Å²) in [6.45, 7) is 3.77. The molecule has 1 N–H and O–H groups in total. The first kappa shape index (κ1) is 8.78. The summed E-state index contributed by atoms with van der Waals surface area (Å²) in [5.74, 6) is -0.667. The van der Waals surface area contributed by atoms with Crippen molar-refractivity contribution in [2.24, 2.45) is 5.41 Å². The molecule has 1 rings (SSSR count). The molecule has 1 saturated carbocycles. The lowest BCUT2D eigenvalue weighted by Crippen LogP contribution is -2.15. The van der Waals surface area contributed by atoms with E-state index in [2.05, 4.69) is 22.5 Å². The Bertz CT molecular complexity index is 194. The number of hydrogen-bond acceptors (Lipinski definition) is 1. The van der Waals surface area contributed by atoms with Crippen molar-refractivity contribution in [3.05, 3.63) is 12.2 Å². The first-order valence-electron chi connectivity index (χ1n) is 3.57. The lowest BCUT2D eigenvalue weighted by Gasteiger charge is -2.08. The van der Waals surface area contributed by atoms with E-state index in [0.717, 1.165) is 18.4 Å². The molecule has 0 radical (unpaired) electrons. The summed E-state index contributed by atoms with van der Waals surface area (Å²) in [4.78, 5) is 10.7. The number of allylic oxidation sites excluding steroid dienone is 1. The number of carbonyl (C=O) groups is 1. The number of carboxylic acids is 1. The van der Waals surface area contributed by atoms with Crippen LogP contribution >= 0.6 is 15.9 Å². The van der Waals surface area contributed by atoms with Crippen LogP contribution in [-0.2, 0) is 4.79 Å². The molecule has 0 heterocycles. The van der Waals surface area contributed by atoms with Gasteiger partial charge in [0, 0.05) is 5.33 Å². The first-order valence-corrected chi connectivity index (χ1v) is 4.69. The van der Waals surface area contributed by atoms with Gasteiger partial charge in [0.2, 0.25) is 0 Å². The Morgan fingerprint density at radius 1 is 1.64 bits per heavy atom. The lowest BCUT2D eigenvalue weighted by molar-refractivity contribution is -0.143. The van der Waals surface area contributed by atoms with Crippen molar-refractivity contribution in [1.29, 1.82) is 0 Å². The average Bonchev–Trinajstić information content (AvgIpc) is 2.69. The van der Waals surface area contributed by atoms with Crippen molar-refractivity contribution in [2.75, 3.05) is 5.33 Å². The highest BCUT2D eigenvalue weighted by Crippen LogP contribution is 2.50. The minimum Gasteiger partial charge on any atom is -0.481 e. The van der Waals surface area contributed by atoms with E-state index in [1.54, 1.807) is 0 Å². The Balaban J connectivity index is 2.48. The van der Waals surface area contributed by atoms with Crippen LogP contribution in [0.3, 0.4) is 0 Å². The van der Waals surface area contributed by atoms with Crippen molar-refractivity contribution in [2.45, 2.75) is 19.3 Å².